The Morgan fingerprint density at radius 3 is 2.05 bits per heavy atom. The number of likely N-dealkylation sites (tertiary alicyclic amines) is 1. The Morgan fingerprint density at radius 1 is 1.30 bits per heavy atom. The number of hydrogen-bond acceptors (Lipinski definition) is 3. The molecule has 6 heteroatoms. The number of aliphatic imine (C=N–C) groups is 1. The van der Waals surface area contributed by atoms with Crippen molar-refractivity contribution in [1.29, 1.82) is 0 Å². The minimum Gasteiger partial charge on any atom is -0.381 e. The molecule has 2 N–H and O–H groups in total. The van der Waals surface area contributed by atoms with Crippen LogP contribution in [0.2, 0.25) is 0 Å². The van der Waals surface area contributed by atoms with Gasteiger partial charge in [0.05, 0.1) is 0 Å². The lowest BCUT2D eigenvalue weighted by Crippen LogP contribution is -2.51. The van der Waals surface area contributed by atoms with E-state index in [0.29, 0.717) is 0 Å². The maximum atomic E-state index is 14.2. The molecule has 1 heterocycles. The summed E-state index contributed by atoms with van der Waals surface area (Å²) in [6.45, 7) is 8.64. The molecule has 1 amide bonds. The van der Waals surface area contributed by atoms with Crippen LogP contribution in [0, 0.1) is 0 Å². The average Bonchev–Trinajstić information content (AvgIpc) is 2.46. The Morgan fingerprint density at radius 2 is 1.75 bits per heavy atom. The molecule has 0 aromatic carbocycles. The van der Waals surface area contributed by atoms with E-state index < -0.39 is 11.5 Å². The van der Waals surface area contributed by atoms with Crippen molar-refractivity contribution in [3.05, 3.63) is 25.3 Å². The van der Waals surface area contributed by atoms with E-state index in [1.807, 2.05) is 0 Å². The molecule has 0 unspecified atom stereocenters. The molecule has 0 bridgehead atoms. The molecular formula is C14H22FN3O2. The Balaban J connectivity index is 0.000000796. The molecule has 1 aliphatic rings. The molecule has 0 spiro atoms. The van der Waals surface area contributed by atoms with E-state index in [2.05, 4.69) is 18.2 Å². The summed E-state index contributed by atoms with van der Waals surface area (Å²) < 4.78 is 14.2. The highest BCUT2D eigenvalue weighted by molar-refractivity contribution is 6.41. The second kappa shape index (κ2) is 8.24. The van der Waals surface area contributed by atoms with Crippen LogP contribution >= 0.6 is 0 Å². The molecular weight excluding hydrogens is 261 g/mol. The second-order valence-electron chi connectivity index (χ2n) is 4.38. The van der Waals surface area contributed by atoms with E-state index in [0.717, 1.165) is 0 Å². The fourth-order valence-corrected chi connectivity index (χ4v) is 1.73. The molecule has 1 fully saturated rings. The molecule has 1 aliphatic heterocycles. The lowest BCUT2D eigenvalue weighted by Gasteiger charge is -2.34. The van der Waals surface area contributed by atoms with Gasteiger partial charge in [0.25, 0.3) is 0 Å². The number of ketones is 1. The van der Waals surface area contributed by atoms with E-state index in [-0.39, 0.29) is 37.7 Å². The molecule has 5 nitrogen and oxygen atoms in total. The van der Waals surface area contributed by atoms with Crippen LogP contribution in [0.1, 0.15) is 19.8 Å². The molecule has 0 aromatic rings. The highest BCUT2D eigenvalue weighted by Crippen LogP contribution is 2.27. The van der Waals surface area contributed by atoms with Crippen LogP contribution in [0.15, 0.2) is 30.3 Å². The largest absolute Gasteiger partial charge is 0.381 e. The molecule has 20 heavy (non-hydrogen) atoms. The van der Waals surface area contributed by atoms with Crippen molar-refractivity contribution in [2.24, 2.45) is 10.7 Å². The molecule has 0 saturated carbocycles. The number of carbonyl (C=O) groups excluding carboxylic acids is 2. The number of Topliss-reactive ketones (excluding diaryl/α,β-unsaturated/α-hetero) is 1. The topological polar surface area (TPSA) is 75.8 Å². The summed E-state index contributed by atoms with van der Waals surface area (Å²) in [7, 11) is 1.35. The molecule has 0 aliphatic carbocycles. The predicted molar refractivity (Wildman–Crippen MR) is 78.3 cm³/mol. The lowest BCUT2D eigenvalue weighted by atomic mass is 9.88. The highest BCUT2D eigenvalue weighted by atomic mass is 19.1. The van der Waals surface area contributed by atoms with Crippen LogP contribution in [-0.4, -0.2) is 48.2 Å². The first-order valence-electron chi connectivity index (χ1n) is 6.27. The standard InChI is InChI=1S/C10H16FN3O2.C4H6/c1-7(15)14-5-3-10(11,4-6-14)8(16)9(12)13-2;1-3-4-2/h3-6H2,1-2H3,(H2,12,13);3-4H,1-2H2. The van der Waals surface area contributed by atoms with Gasteiger partial charge in [-0.3, -0.25) is 14.6 Å². The van der Waals surface area contributed by atoms with Crippen LogP contribution in [0.25, 0.3) is 0 Å². The second-order valence-corrected chi connectivity index (χ2v) is 4.38. The number of nitrogens with two attached hydrogens (primary N) is 1. The third kappa shape index (κ3) is 4.95. The number of alkyl halides is 1. The number of nitrogens with zero attached hydrogens (tertiary/aromatic N) is 2. The Hall–Kier alpha value is -1.98. The van der Waals surface area contributed by atoms with Crippen molar-refractivity contribution in [2.45, 2.75) is 25.4 Å². The monoisotopic (exact) mass is 283 g/mol. The molecule has 0 atom stereocenters. The summed E-state index contributed by atoms with van der Waals surface area (Å²) in [6.07, 6.45) is 3.25. The van der Waals surface area contributed by atoms with Gasteiger partial charge in [-0.05, 0) is 0 Å². The summed E-state index contributed by atoms with van der Waals surface area (Å²) in [5.74, 6) is -1.16. The summed E-state index contributed by atoms with van der Waals surface area (Å²) in [5, 5.41) is 0. The van der Waals surface area contributed by atoms with Crippen LogP contribution in [-0.2, 0) is 9.59 Å². The molecule has 112 valence electrons. The third-order valence-electron chi connectivity index (χ3n) is 3.05. The van der Waals surface area contributed by atoms with E-state index in [9.17, 15) is 14.0 Å². The van der Waals surface area contributed by atoms with Crippen LogP contribution < -0.4 is 5.73 Å². The minimum absolute atomic E-state index is 0.0123. The summed E-state index contributed by atoms with van der Waals surface area (Å²) in [6, 6.07) is 0. The molecule has 0 aromatic heterocycles. The maximum Gasteiger partial charge on any atom is 0.234 e. The number of rotatable bonds is 3. The number of allylic oxidation sites excluding steroid dienone is 2. The number of amides is 1. The van der Waals surface area contributed by atoms with Gasteiger partial charge in [0.2, 0.25) is 11.7 Å². The Bertz CT molecular complexity index is 405. The zero-order valence-corrected chi connectivity index (χ0v) is 12.1. The quantitative estimate of drug-likeness (QED) is 0.481. The van der Waals surface area contributed by atoms with Crippen molar-refractivity contribution in [3.63, 3.8) is 0 Å². The van der Waals surface area contributed by atoms with E-state index in [1.165, 1.54) is 18.9 Å². The predicted octanol–water partition coefficient (Wildman–Crippen LogP) is 1.25. The van der Waals surface area contributed by atoms with Crippen molar-refractivity contribution in [1.82, 2.24) is 4.90 Å². The van der Waals surface area contributed by atoms with Gasteiger partial charge in [-0.15, -0.1) is 0 Å². The Labute approximate surface area is 119 Å². The maximum absolute atomic E-state index is 14.2. The smallest absolute Gasteiger partial charge is 0.234 e. The molecule has 1 rings (SSSR count). The van der Waals surface area contributed by atoms with Crippen molar-refractivity contribution in [2.75, 3.05) is 20.1 Å². The van der Waals surface area contributed by atoms with Gasteiger partial charge < -0.3 is 10.6 Å². The van der Waals surface area contributed by atoms with Crippen molar-refractivity contribution in [3.8, 4) is 0 Å². The lowest BCUT2D eigenvalue weighted by molar-refractivity contribution is -0.136. The zero-order chi connectivity index (χ0) is 15.8. The zero-order valence-electron chi connectivity index (χ0n) is 12.1. The van der Waals surface area contributed by atoms with E-state index in [1.54, 1.807) is 12.2 Å². The number of carbonyl (C=O) groups is 2. The van der Waals surface area contributed by atoms with Crippen molar-refractivity contribution < 1.29 is 14.0 Å². The third-order valence-corrected chi connectivity index (χ3v) is 3.05. The normalized spacial score (nSPS) is 17.6. The van der Waals surface area contributed by atoms with Gasteiger partial charge in [-0.25, -0.2) is 4.39 Å². The van der Waals surface area contributed by atoms with Gasteiger partial charge in [0.1, 0.15) is 0 Å². The summed E-state index contributed by atoms with van der Waals surface area (Å²) in [4.78, 5) is 27.6. The van der Waals surface area contributed by atoms with Gasteiger partial charge in [0, 0.05) is 39.9 Å². The first-order valence-corrected chi connectivity index (χ1v) is 6.27. The number of piperidine rings is 1. The van der Waals surface area contributed by atoms with Gasteiger partial charge >= 0.3 is 0 Å². The van der Waals surface area contributed by atoms with Gasteiger partial charge in [-0.2, -0.15) is 0 Å². The molecule has 1 saturated heterocycles. The number of halogens is 1. The van der Waals surface area contributed by atoms with Gasteiger partial charge in [-0.1, -0.05) is 25.3 Å². The van der Waals surface area contributed by atoms with Crippen LogP contribution in [0.3, 0.4) is 0 Å². The SMILES string of the molecule is C=CC=C.CN=C(N)C(=O)C1(F)CCN(C(C)=O)CC1. The Kier molecular flexibility index (Phi) is 7.43. The van der Waals surface area contributed by atoms with E-state index >= 15 is 0 Å². The van der Waals surface area contributed by atoms with Crippen LogP contribution in [0.5, 0.6) is 0 Å². The molecule has 0 radical (unpaired) electrons. The number of amidine groups is 1. The fraction of sp³-hybridized carbons (Fsp3) is 0.500. The minimum atomic E-state index is -1.96. The fourth-order valence-electron chi connectivity index (χ4n) is 1.73. The highest BCUT2D eigenvalue weighted by Gasteiger charge is 2.43. The first-order chi connectivity index (χ1) is 9.32. The summed E-state index contributed by atoms with van der Waals surface area (Å²) in [5.41, 5.74) is 3.34. The first kappa shape index (κ1) is 18.0. The van der Waals surface area contributed by atoms with Gasteiger partial charge in [0.15, 0.2) is 11.5 Å². The number of hydrogen-bond donors (Lipinski definition) is 1. The summed E-state index contributed by atoms with van der Waals surface area (Å²) >= 11 is 0. The average molecular weight is 283 g/mol. The van der Waals surface area contributed by atoms with Crippen LogP contribution in [0.4, 0.5) is 4.39 Å². The van der Waals surface area contributed by atoms with Crippen molar-refractivity contribution >= 4 is 17.5 Å². The van der Waals surface area contributed by atoms with E-state index in [4.69, 9.17) is 5.73 Å².